The first-order chi connectivity index (χ1) is 12.2. The van der Waals surface area contributed by atoms with Gasteiger partial charge in [0.1, 0.15) is 12.8 Å². The molecule has 0 amide bonds. The van der Waals surface area contributed by atoms with Crippen molar-refractivity contribution in [2.75, 3.05) is 21.3 Å². The maximum absolute atomic E-state index is 5.49. The Labute approximate surface area is 171 Å². The number of aromatic nitrogens is 1. The Morgan fingerprint density at radius 2 is 1.38 bits per heavy atom. The van der Waals surface area contributed by atoms with Crippen LogP contribution in [0.4, 0.5) is 0 Å². The van der Waals surface area contributed by atoms with E-state index in [1.54, 1.807) is 21.3 Å². The third-order valence-electron chi connectivity index (χ3n) is 4.25. The van der Waals surface area contributed by atoms with E-state index >= 15 is 0 Å². The van der Waals surface area contributed by atoms with Crippen molar-refractivity contribution in [1.29, 1.82) is 0 Å². The Morgan fingerprint density at radius 3 is 2.08 bits per heavy atom. The Balaban J connectivity index is 0.00000243. The lowest BCUT2D eigenvalue weighted by Gasteiger charge is -2.12. The number of hydrogen-bond acceptors (Lipinski definition) is 3. The molecule has 2 aromatic carbocycles. The first kappa shape index (κ1) is 20.0. The number of fused-ring (bicyclic) bond motifs is 1. The lowest BCUT2D eigenvalue weighted by Crippen LogP contribution is -3.00. The lowest BCUT2D eigenvalue weighted by atomic mass is 10.1. The molecule has 1 heterocycles. The molecule has 0 aliphatic carbocycles. The summed E-state index contributed by atoms with van der Waals surface area (Å²) in [5, 5.41) is 1.20. The molecule has 136 valence electrons. The smallest absolute Gasteiger partial charge is 0.212 e. The van der Waals surface area contributed by atoms with Crippen LogP contribution in [0.15, 0.2) is 48.7 Å². The predicted octanol–water partition coefficient (Wildman–Crippen LogP) is 0.864. The van der Waals surface area contributed by atoms with Gasteiger partial charge in [0.05, 0.1) is 26.7 Å². The van der Waals surface area contributed by atoms with Crippen molar-refractivity contribution in [3.05, 3.63) is 59.8 Å². The molecule has 0 saturated carbocycles. The average Bonchev–Trinajstić information content (AvgIpc) is 2.67. The van der Waals surface area contributed by atoms with Crippen LogP contribution in [0, 0.1) is 0 Å². The minimum Gasteiger partial charge on any atom is -1.00 e. The second-order valence-corrected chi connectivity index (χ2v) is 5.68. The Bertz CT molecular complexity index is 938. The van der Waals surface area contributed by atoms with Gasteiger partial charge in [0.15, 0.2) is 17.7 Å². The summed E-state index contributed by atoms with van der Waals surface area (Å²) in [6.45, 7) is 0. The van der Waals surface area contributed by atoms with E-state index in [4.69, 9.17) is 14.2 Å². The van der Waals surface area contributed by atoms with Crippen LogP contribution in [0.5, 0.6) is 17.2 Å². The summed E-state index contributed by atoms with van der Waals surface area (Å²) < 4.78 is 18.3. The molecule has 26 heavy (non-hydrogen) atoms. The predicted molar refractivity (Wildman–Crippen MR) is 100 cm³/mol. The number of pyridine rings is 1. The number of ether oxygens (including phenoxy) is 3. The molecule has 4 nitrogen and oxygen atoms in total. The highest BCUT2D eigenvalue weighted by Gasteiger charge is 2.11. The van der Waals surface area contributed by atoms with Gasteiger partial charge in [0.2, 0.25) is 5.52 Å². The molecule has 0 saturated heterocycles. The number of halogens is 1. The maximum Gasteiger partial charge on any atom is 0.212 e. The molecule has 1 aromatic heterocycles. The van der Waals surface area contributed by atoms with Crippen molar-refractivity contribution in [3.8, 4) is 17.2 Å². The highest BCUT2D eigenvalue weighted by atomic mass is 127. The standard InChI is InChI=1S/C21H22NO3.HI/c1-22-12-11-15(17-7-5-6-8-18(17)22)9-10-16-13-20(24-3)21(25-4)14-19(16)23-2;/h5-14H,1-4H3;1H/q+1;/p-1/b10-9+;. The van der Waals surface area contributed by atoms with Crippen molar-refractivity contribution >= 4 is 23.1 Å². The molecule has 0 spiro atoms. The van der Waals surface area contributed by atoms with Crippen LogP contribution in [-0.4, -0.2) is 21.3 Å². The van der Waals surface area contributed by atoms with Gasteiger partial charge in [0, 0.05) is 23.8 Å². The van der Waals surface area contributed by atoms with E-state index in [0.717, 1.165) is 16.9 Å². The second kappa shape index (κ2) is 8.89. The van der Waals surface area contributed by atoms with Crippen LogP contribution in [0.25, 0.3) is 23.1 Å². The quantitative estimate of drug-likeness (QED) is 0.416. The van der Waals surface area contributed by atoms with Crippen LogP contribution >= 0.6 is 0 Å². The van der Waals surface area contributed by atoms with E-state index in [2.05, 4.69) is 41.1 Å². The van der Waals surface area contributed by atoms with Crippen LogP contribution < -0.4 is 42.8 Å². The molecule has 0 aliphatic heterocycles. The fraction of sp³-hybridized carbons (Fsp3) is 0.190. The minimum absolute atomic E-state index is 0. The lowest BCUT2D eigenvalue weighted by molar-refractivity contribution is -0.644. The summed E-state index contributed by atoms with van der Waals surface area (Å²) in [6, 6.07) is 14.2. The molecule has 0 unspecified atom stereocenters. The van der Waals surface area contributed by atoms with Gasteiger partial charge < -0.3 is 38.2 Å². The average molecular weight is 463 g/mol. The molecule has 3 rings (SSSR count). The highest BCUT2D eigenvalue weighted by Crippen LogP contribution is 2.35. The van der Waals surface area contributed by atoms with Gasteiger partial charge in [0.25, 0.3) is 0 Å². The summed E-state index contributed by atoms with van der Waals surface area (Å²) in [5.74, 6) is 2.06. The third kappa shape index (κ3) is 3.93. The van der Waals surface area contributed by atoms with Gasteiger partial charge in [-0.15, -0.1) is 0 Å². The molecular formula is C21H22INO3. The fourth-order valence-electron chi connectivity index (χ4n) is 2.90. The summed E-state index contributed by atoms with van der Waals surface area (Å²) in [4.78, 5) is 0. The highest BCUT2D eigenvalue weighted by molar-refractivity contribution is 5.89. The number of hydrogen-bond donors (Lipinski definition) is 0. The second-order valence-electron chi connectivity index (χ2n) is 5.68. The molecule has 5 heteroatoms. The van der Waals surface area contributed by atoms with E-state index < -0.39 is 0 Å². The van der Waals surface area contributed by atoms with Crippen LogP contribution in [0.3, 0.4) is 0 Å². The number of methoxy groups -OCH3 is 3. The zero-order valence-electron chi connectivity index (χ0n) is 15.3. The number of benzene rings is 2. The number of rotatable bonds is 5. The normalized spacial score (nSPS) is 10.6. The monoisotopic (exact) mass is 463 g/mol. The maximum atomic E-state index is 5.49. The molecule has 0 radical (unpaired) electrons. The fourth-order valence-corrected chi connectivity index (χ4v) is 2.90. The van der Waals surface area contributed by atoms with Crippen LogP contribution in [-0.2, 0) is 7.05 Å². The van der Waals surface area contributed by atoms with Gasteiger partial charge in [-0.3, -0.25) is 0 Å². The minimum atomic E-state index is 0. The topological polar surface area (TPSA) is 31.6 Å². The molecule has 0 bridgehead atoms. The van der Waals surface area contributed by atoms with Crippen molar-refractivity contribution < 1.29 is 42.8 Å². The third-order valence-corrected chi connectivity index (χ3v) is 4.25. The Kier molecular flexibility index (Phi) is 6.85. The van der Waals surface area contributed by atoms with Gasteiger partial charge in [-0.1, -0.05) is 24.3 Å². The molecular weight excluding hydrogens is 441 g/mol. The zero-order chi connectivity index (χ0) is 17.8. The summed E-state index contributed by atoms with van der Waals surface area (Å²) in [5.41, 5.74) is 3.26. The van der Waals surface area contributed by atoms with Gasteiger partial charge in [-0.05, 0) is 17.7 Å². The molecule has 3 aromatic rings. The first-order valence-corrected chi connectivity index (χ1v) is 8.03. The van der Waals surface area contributed by atoms with Crippen molar-refractivity contribution in [3.63, 3.8) is 0 Å². The number of para-hydroxylation sites is 1. The number of aryl methyl sites for hydroxylation is 1. The van der Waals surface area contributed by atoms with Crippen LogP contribution in [0.2, 0.25) is 0 Å². The largest absolute Gasteiger partial charge is 1.00 e. The molecule has 0 aliphatic rings. The SMILES string of the molecule is COc1cc(OC)c(OC)cc1/C=C/c1cc[n+](C)c2ccccc12.[I-]. The summed E-state index contributed by atoms with van der Waals surface area (Å²) >= 11 is 0. The van der Waals surface area contributed by atoms with Crippen molar-refractivity contribution in [1.82, 2.24) is 0 Å². The Hall–Kier alpha value is -2.28. The summed E-state index contributed by atoms with van der Waals surface area (Å²) in [7, 11) is 6.94. The van der Waals surface area contributed by atoms with Gasteiger partial charge in [-0.2, -0.15) is 0 Å². The first-order valence-electron chi connectivity index (χ1n) is 8.03. The van der Waals surface area contributed by atoms with Gasteiger partial charge in [-0.25, -0.2) is 4.57 Å². The van der Waals surface area contributed by atoms with Crippen molar-refractivity contribution in [2.45, 2.75) is 0 Å². The Morgan fingerprint density at radius 1 is 0.769 bits per heavy atom. The van der Waals surface area contributed by atoms with Gasteiger partial charge >= 0.3 is 0 Å². The number of nitrogens with zero attached hydrogens (tertiary/aromatic N) is 1. The van der Waals surface area contributed by atoms with E-state index in [-0.39, 0.29) is 24.0 Å². The van der Waals surface area contributed by atoms with Crippen molar-refractivity contribution in [2.24, 2.45) is 7.05 Å². The van der Waals surface area contributed by atoms with E-state index in [0.29, 0.717) is 11.5 Å². The molecule has 0 N–H and O–H groups in total. The van der Waals surface area contributed by atoms with E-state index in [1.165, 1.54) is 10.9 Å². The molecule has 0 fully saturated rings. The summed E-state index contributed by atoms with van der Waals surface area (Å²) in [6.07, 6.45) is 6.18. The van der Waals surface area contributed by atoms with Crippen LogP contribution in [0.1, 0.15) is 11.1 Å². The van der Waals surface area contributed by atoms with E-state index in [9.17, 15) is 0 Å². The molecule has 0 atom stereocenters. The zero-order valence-corrected chi connectivity index (χ0v) is 17.5. The van der Waals surface area contributed by atoms with E-state index in [1.807, 2.05) is 31.3 Å².